The molecule has 0 saturated carbocycles. The van der Waals surface area contributed by atoms with Gasteiger partial charge in [0.1, 0.15) is 4.88 Å². The Labute approximate surface area is 104 Å². The first-order valence-corrected chi connectivity index (χ1v) is 6.12. The Morgan fingerprint density at radius 3 is 2.88 bits per heavy atom. The average Bonchev–Trinajstić information content (AvgIpc) is 2.70. The highest BCUT2D eigenvalue weighted by Crippen LogP contribution is 2.26. The minimum atomic E-state index is -0.973. The van der Waals surface area contributed by atoms with E-state index >= 15 is 0 Å². The van der Waals surface area contributed by atoms with Gasteiger partial charge in [-0.2, -0.15) is 5.26 Å². The predicted octanol–water partition coefficient (Wildman–Crippen LogP) is 2.33. The second kappa shape index (κ2) is 6.21. The molecule has 0 saturated heterocycles. The number of thiazole rings is 1. The highest BCUT2D eigenvalue weighted by Gasteiger charge is 2.17. The molecule has 0 radical (unpaired) electrons. The maximum Gasteiger partial charge on any atom is 0.347 e. The summed E-state index contributed by atoms with van der Waals surface area (Å²) in [4.78, 5) is 15.3. The Hall–Kier alpha value is -1.61. The average molecular weight is 254 g/mol. The zero-order chi connectivity index (χ0) is 12.8. The van der Waals surface area contributed by atoms with Crippen LogP contribution in [0.2, 0.25) is 0 Å². The molecule has 5 nitrogen and oxygen atoms in total. The third kappa shape index (κ3) is 3.71. The fraction of sp³-hybridized carbons (Fsp3) is 0.545. The van der Waals surface area contributed by atoms with Gasteiger partial charge in [-0.15, -0.1) is 0 Å². The second-order valence-electron chi connectivity index (χ2n) is 3.69. The number of aromatic nitrogens is 1. The van der Waals surface area contributed by atoms with Crippen molar-refractivity contribution in [2.45, 2.75) is 26.7 Å². The molecule has 0 bridgehead atoms. The lowest BCUT2D eigenvalue weighted by Gasteiger charge is -2.06. The SMILES string of the molecule is CCc1nc(OCC(C)CC#N)sc1C(=O)O. The molecule has 1 aromatic heterocycles. The zero-order valence-electron chi connectivity index (χ0n) is 9.77. The molecule has 0 aromatic carbocycles. The van der Waals surface area contributed by atoms with Crippen LogP contribution in [0.4, 0.5) is 0 Å². The van der Waals surface area contributed by atoms with Crippen LogP contribution in [-0.2, 0) is 6.42 Å². The van der Waals surface area contributed by atoms with E-state index in [9.17, 15) is 4.79 Å². The Bertz CT molecular complexity index is 436. The summed E-state index contributed by atoms with van der Waals surface area (Å²) in [5.41, 5.74) is 0.547. The summed E-state index contributed by atoms with van der Waals surface area (Å²) < 4.78 is 5.39. The van der Waals surface area contributed by atoms with Crippen LogP contribution < -0.4 is 4.74 Å². The molecule has 0 aliphatic rings. The second-order valence-corrected chi connectivity index (χ2v) is 4.65. The Morgan fingerprint density at radius 1 is 1.71 bits per heavy atom. The van der Waals surface area contributed by atoms with Gasteiger partial charge in [0, 0.05) is 12.3 Å². The van der Waals surface area contributed by atoms with E-state index in [1.54, 1.807) is 0 Å². The summed E-state index contributed by atoms with van der Waals surface area (Å²) in [6, 6.07) is 2.06. The summed E-state index contributed by atoms with van der Waals surface area (Å²) in [6.45, 7) is 4.13. The quantitative estimate of drug-likeness (QED) is 0.842. The number of carboxylic acid groups (broad SMARTS) is 1. The molecule has 0 aliphatic carbocycles. The molecule has 17 heavy (non-hydrogen) atoms. The molecule has 1 unspecified atom stereocenters. The fourth-order valence-electron chi connectivity index (χ4n) is 1.23. The van der Waals surface area contributed by atoms with E-state index in [1.165, 1.54) is 0 Å². The van der Waals surface area contributed by atoms with Gasteiger partial charge in [0.25, 0.3) is 5.19 Å². The van der Waals surface area contributed by atoms with E-state index in [0.717, 1.165) is 11.3 Å². The van der Waals surface area contributed by atoms with Crippen LogP contribution in [0, 0.1) is 17.2 Å². The van der Waals surface area contributed by atoms with Crippen LogP contribution in [-0.4, -0.2) is 22.7 Å². The van der Waals surface area contributed by atoms with Crippen LogP contribution in [0.1, 0.15) is 35.6 Å². The van der Waals surface area contributed by atoms with Crippen molar-refractivity contribution in [1.29, 1.82) is 5.26 Å². The van der Waals surface area contributed by atoms with Gasteiger partial charge in [-0.05, 0) is 6.42 Å². The van der Waals surface area contributed by atoms with E-state index in [2.05, 4.69) is 11.1 Å². The number of aromatic carboxylic acids is 1. The summed E-state index contributed by atoms with van der Waals surface area (Å²) >= 11 is 1.04. The first kappa shape index (κ1) is 13.5. The van der Waals surface area contributed by atoms with Crippen LogP contribution >= 0.6 is 11.3 Å². The molecule has 92 valence electrons. The number of carboxylic acids is 1. The van der Waals surface area contributed by atoms with E-state index < -0.39 is 5.97 Å². The van der Waals surface area contributed by atoms with Gasteiger partial charge in [-0.1, -0.05) is 25.2 Å². The summed E-state index contributed by atoms with van der Waals surface area (Å²) in [5.74, 6) is -0.860. The van der Waals surface area contributed by atoms with Crippen molar-refractivity contribution >= 4 is 17.3 Å². The number of rotatable bonds is 6. The van der Waals surface area contributed by atoms with Crippen molar-refractivity contribution in [1.82, 2.24) is 4.98 Å². The molecule has 0 fully saturated rings. The molecular formula is C11H14N2O3S. The minimum absolute atomic E-state index is 0.113. The molecule has 0 amide bonds. The maximum absolute atomic E-state index is 10.9. The molecule has 1 atom stereocenters. The number of hydrogen-bond acceptors (Lipinski definition) is 5. The van der Waals surface area contributed by atoms with Crippen LogP contribution in [0.5, 0.6) is 5.19 Å². The van der Waals surface area contributed by atoms with Crippen LogP contribution in [0.15, 0.2) is 0 Å². The van der Waals surface area contributed by atoms with Crippen molar-refractivity contribution in [3.8, 4) is 11.3 Å². The molecule has 1 aromatic rings. The van der Waals surface area contributed by atoms with E-state index in [4.69, 9.17) is 15.1 Å². The van der Waals surface area contributed by atoms with Crippen molar-refractivity contribution in [3.05, 3.63) is 10.6 Å². The lowest BCUT2D eigenvalue weighted by Crippen LogP contribution is -2.07. The van der Waals surface area contributed by atoms with E-state index in [0.29, 0.717) is 30.3 Å². The molecule has 1 heterocycles. The van der Waals surface area contributed by atoms with Crippen LogP contribution in [0.3, 0.4) is 0 Å². The van der Waals surface area contributed by atoms with Crippen LogP contribution in [0.25, 0.3) is 0 Å². The molecule has 1 N–H and O–H groups in total. The standard InChI is InChI=1S/C11H14N2O3S/c1-3-8-9(10(14)15)17-11(13-8)16-6-7(2)4-5-12/h7H,3-4,6H2,1-2H3,(H,14,15). The van der Waals surface area contributed by atoms with Gasteiger partial charge in [0.15, 0.2) is 0 Å². The Morgan fingerprint density at radius 2 is 2.41 bits per heavy atom. The molecule has 0 aliphatic heterocycles. The van der Waals surface area contributed by atoms with Gasteiger partial charge >= 0.3 is 5.97 Å². The predicted molar refractivity (Wildman–Crippen MR) is 63.3 cm³/mol. The highest BCUT2D eigenvalue weighted by atomic mass is 32.1. The molecule has 1 rings (SSSR count). The third-order valence-electron chi connectivity index (χ3n) is 2.14. The largest absolute Gasteiger partial charge is 0.477 e. The Balaban J connectivity index is 2.67. The molecule has 0 spiro atoms. The van der Waals surface area contributed by atoms with Gasteiger partial charge in [-0.25, -0.2) is 9.78 Å². The monoisotopic (exact) mass is 254 g/mol. The lowest BCUT2D eigenvalue weighted by atomic mass is 10.1. The van der Waals surface area contributed by atoms with Gasteiger partial charge in [-0.3, -0.25) is 0 Å². The third-order valence-corrected chi connectivity index (χ3v) is 3.14. The van der Waals surface area contributed by atoms with Gasteiger partial charge < -0.3 is 9.84 Å². The summed E-state index contributed by atoms with van der Waals surface area (Å²) in [5, 5.41) is 17.8. The number of aryl methyl sites for hydroxylation is 1. The van der Waals surface area contributed by atoms with Gasteiger partial charge in [0.05, 0.1) is 18.4 Å². The normalized spacial score (nSPS) is 11.8. The fourth-order valence-corrected chi connectivity index (χ4v) is 2.08. The van der Waals surface area contributed by atoms with Crippen molar-refractivity contribution < 1.29 is 14.6 Å². The molecular weight excluding hydrogens is 240 g/mol. The van der Waals surface area contributed by atoms with E-state index in [-0.39, 0.29) is 10.8 Å². The highest BCUT2D eigenvalue weighted by molar-refractivity contribution is 7.15. The zero-order valence-corrected chi connectivity index (χ0v) is 10.6. The van der Waals surface area contributed by atoms with Crippen molar-refractivity contribution in [3.63, 3.8) is 0 Å². The number of hydrogen-bond donors (Lipinski definition) is 1. The minimum Gasteiger partial charge on any atom is -0.477 e. The number of nitrogens with zero attached hydrogens (tertiary/aromatic N) is 2. The number of nitriles is 1. The summed E-state index contributed by atoms with van der Waals surface area (Å²) in [7, 11) is 0. The Kier molecular flexibility index (Phi) is 4.91. The summed E-state index contributed by atoms with van der Waals surface area (Å²) in [6.07, 6.45) is 0.979. The number of ether oxygens (including phenoxy) is 1. The first-order valence-electron chi connectivity index (χ1n) is 5.31. The number of carbonyl (C=O) groups is 1. The van der Waals surface area contributed by atoms with Crippen molar-refractivity contribution in [2.75, 3.05) is 6.61 Å². The maximum atomic E-state index is 10.9. The van der Waals surface area contributed by atoms with Crippen molar-refractivity contribution in [2.24, 2.45) is 5.92 Å². The first-order chi connectivity index (χ1) is 8.08. The van der Waals surface area contributed by atoms with Gasteiger partial charge in [0.2, 0.25) is 0 Å². The smallest absolute Gasteiger partial charge is 0.347 e. The molecule has 6 heteroatoms. The topological polar surface area (TPSA) is 83.2 Å². The van der Waals surface area contributed by atoms with E-state index in [1.807, 2.05) is 13.8 Å². The lowest BCUT2D eigenvalue weighted by molar-refractivity contribution is 0.0701.